The van der Waals surface area contributed by atoms with Crippen LogP contribution in [-0.4, -0.2) is 21.8 Å². The summed E-state index contributed by atoms with van der Waals surface area (Å²) in [5, 5.41) is 11.0. The van der Waals surface area contributed by atoms with Crippen LogP contribution in [-0.2, 0) is 13.6 Å². The third kappa shape index (κ3) is 1.89. The fourth-order valence-corrected chi connectivity index (χ4v) is 1.67. The number of rotatable bonds is 3. The van der Waals surface area contributed by atoms with E-state index in [1.54, 1.807) is 10.9 Å². The molecule has 0 saturated heterocycles. The Hall–Kier alpha value is -2.24. The van der Waals surface area contributed by atoms with Crippen LogP contribution in [0.15, 0.2) is 24.4 Å². The van der Waals surface area contributed by atoms with Crippen LogP contribution < -0.4 is 14.8 Å². The average Bonchev–Trinajstić information content (AvgIpc) is 2.94. The van der Waals surface area contributed by atoms with Crippen LogP contribution in [0, 0.1) is 0 Å². The minimum atomic E-state index is 0.296. The standard InChI is InChI=1S/C11H12N4O2/c1-15-9(6-13-14-15)5-12-8-2-3-10-11(4-8)17-7-16-10/h2-4,6,12H,5,7H2,1H3. The van der Waals surface area contributed by atoms with Crippen molar-refractivity contribution in [2.24, 2.45) is 7.05 Å². The fraction of sp³-hybridized carbons (Fsp3) is 0.273. The molecule has 0 saturated carbocycles. The third-order valence-electron chi connectivity index (χ3n) is 2.65. The molecule has 1 aliphatic heterocycles. The molecule has 0 aliphatic carbocycles. The Bertz CT molecular complexity index is 538. The van der Waals surface area contributed by atoms with Crippen molar-refractivity contribution < 1.29 is 9.47 Å². The van der Waals surface area contributed by atoms with Gasteiger partial charge in [-0.15, -0.1) is 5.10 Å². The first-order valence-electron chi connectivity index (χ1n) is 5.30. The lowest BCUT2D eigenvalue weighted by molar-refractivity contribution is 0.174. The maximum Gasteiger partial charge on any atom is 0.231 e. The molecule has 0 bridgehead atoms. The van der Waals surface area contributed by atoms with Gasteiger partial charge in [0.15, 0.2) is 11.5 Å². The van der Waals surface area contributed by atoms with Crippen molar-refractivity contribution in [1.82, 2.24) is 15.0 Å². The van der Waals surface area contributed by atoms with Gasteiger partial charge in [0.25, 0.3) is 0 Å². The number of ether oxygens (including phenoxy) is 2. The Balaban J connectivity index is 1.72. The lowest BCUT2D eigenvalue weighted by Gasteiger charge is -2.06. The summed E-state index contributed by atoms with van der Waals surface area (Å²) in [4.78, 5) is 0. The van der Waals surface area contributed by atoms with Crippen LogP contribution in [0.2, 0.25) is 0 Å². The van der Waals surface area contributed by atoms with Crippen molar-refractivity contribution in [1.29, 1.82) is 0 Å². The second kappa shape index (κ2) is 3.97. The normalized spacial score (nSPS) is 12.8. The molecule has 6 heteroatoms. The van der Waals surface area contributed by atoms with E-state index < -0.39 is 0 Å². The molecule has 6 nitrogen and oxygen atoms in total. The van der Waals surface area contributed by atoms with Gasteiger partial charge in [0.1, 0.15) is 0 Å². The van der Waals surface area contributed by atoms with Crippen molar-refractivity contribution in [3.8, 4) is 11.5 Å². The van der Waals surface area contributed by atoms with E-state index in [2.05, 4.69) is 15.6 Å². The molecule has 0 spiro atoms. The number of aromatic nitrogens is 3. The second-order valence-corrected chi connectivity index (χ2v) is 3.77. The maximum absolute atomic E-state index is 5.31. The Kier molecular flexibility index (Phi) is 2.32. The Morgan fingerprint density at radius 2 is 2.24 bits per heavy atom. The van der Waals surface area contributed by atoms with Gasteiger partial charge in [-0.05, 0) is 12.1 Å². The van der Waals surface area contributed by atoms with Crippen LogP contribution >= 0.6 is 0 Å². The minimum Gasteiger partial charge on any atom is -0.454 e. The molecule has 17 heavy (non-hydrogen) atoms. The van der Waals surface area contributed by atoms with E-state index in [4.69, 9.17) is 9.47 Å². The Morgan fingerprint density at radius 3 is 3.06 bits per heavy atom. The zero-order valence-corrected chi connectivity index (χ0v) is 9.38. The molecule has 1 aliphatic rings. The van der Waals surface area contributed by atoms with Crippen LogP contribution in [0.1, 0.15) is 5.69 Å². The highest BCUT2D eigenvalue weighted by Gasteiger charge is 2.13. The molecule has 1 N–H and O–H groups in total. The van der Waals surface area contributed by atoms with Gasteiger partial charge in [-0.2, -0.15) is 0 Å². The van der Waals surface area contributed by atoms with Gasteiger partial charge in [-0.25, -0.2) is 0 Å². The molecule has 1 aromatic heterocycles. The zero-order chi connectivity index (χ0) is 11.7. The van der Waals surface area contributed by atoms with Gasteiger partial charge in [0, 0.05) is 18.8 Å². The SMILES string of the molecule is Cn1nncc1CNc1ccc2c(c1)OCO2. The summed E-state index contributed by atoms with van der Waals surface area (Å²) in [5.41, 5.74) is 2.00. The highest BCUT2D eigenvalue weighted by molar-refractivity contribution is 5.55. The van der Waals surface area contributed by atoms with Gasteiger partial charge >= 0.3 is 0 Å². The number of aryl methyl sites for hydroxylation is 1. The first-order valence-corrected chi connectivity index (χ1v) is 5.30. The van der Waals surface area contributed by atoms with Gasteiger partial charge < -0.3 is 14.8 Å². The molecule has 88 valence electrons. The summed E-state index contributed by atoms with van der Waals surface area (Å²) in [6.07, 6.45) is 1.74. The highest BCUT2D eigenvalue weighted by atomic mass is 16.7. The summed E-state index contributed by atoms with van der Waals surface area (Å²) >= 11 is 0. The van der Waals surface area contributed by atoms with Gasteiger partial charge in [0.2, 0.25) is 6.79 Å². The molecule has 0 atom stereocenters. The first kappa shape index (κ1) is 9.95. The first-order chi connectivity index (χ1) is 8.33. The number of nitrogens with zero attached hydrogens (tertiary/aromatic N) is 3. The summed E-state index contributed by atoms with van der Waals surface area (Å²) in [6, 6.07) is 5.77. The molecule has 3 rings (SSSR count). The molecule has 2 aromatic rings. The Labute approximate surface area is 98.1 Å². The van der Waals surface area contributed by atoms with Gasteiger partial charge in [-0.3, -0.25) is 4.68 Å². The van der Waals surface area contributed by atoms with Crippen molar-refractivity contribution in [3.05, 3.63) is 30.1 Å². The number of anilines is 1. The summed E-state index contributed by atoms with van der Waals surface area (Å²) < 4.78 is 12.3. The Morgan fingerprint density at radius 1 is 1.35 bits per heavy atom. The van der Waals surface area contributed by atoms with E-state index in [9.17, 15) is 0 Å². The predicted octanol–water partition coefficient (Wildman–Crippen LogP) is 1.16. The number of benzene rings is 1. The highest BCUT2D eigenvalue weighted by Crippen LogP contribution is 2.34. The topological polar surface area (TPSA) is 61.2 Å². The minimum absolute atomic E-state index is 0.296. The maximum atomic E-state index is 5.31. The molecule has 0 fully saturated rings. The molecular weight excluding hydrogens is 220 g/mol. The number of hydrogen-bond donors (Lipinski definition) is 1. The van der Waals surface area contributed by atoms with Crippen LogP contribution in [0.4, 0.5) is 5.69 Å². The third-order valence-corrected chi connectivity index (χ3v) is 2.65. The van der Waals surface area contributed by atoms with Crippen LogP contribution in [0.25, 0.3) is 0 Å². The van der Waals surface area contributed by atoms with Gasteiger partial charge in [0.05, 0.1) is 18.4 Å². The fourth-order valence-electron chi connectivity index (χ4n) is 1.67. The average molecular weight is 232 g/mol. The summed E-state index contributed by atoms with van der Waals surface area (Å²) in [7, 11) is 1.86. The molecule has 0 unspecified atom stereocenters. The molecule has 1 aromatic carbocycles. The monoisotopic (exact) mass is 232 g/mol. The van der Waals surface area contributed by atoms with E-state index in [1.807, 2.05) is 25.2 Å². The predicted molar refractivity (Wildman–Crippen MR) is 60.9 cm³/mol. The lowest BCUT2D eigenvalue weighted by atomic mass is 10.2. The van der Waals surface area contributed by atoms with Crippen molar-refractivity contribution >= 4 is 5.69 Å². The van der Waals surface area contributed by atoms with Crippen LogP contribution in [0.5, 0.6) is 11.5 Å². The van der Waals surface area contributed by atoms with E-state index in [-0.39, 0.29) is 0 Å². The van der Waals surface area contributed by atoms with Crippen molar-refractivity contribution in [2.45, 2.75) is 6.54 Å². The van der Waals surface area contributed by atoms with Crippen molar-refractivity contribution in [3.63, 3.8) is 0 Å². The number of fused-ring (bicyclic) bond motifs is 1. The molecular formula is C11H12N4O2. The number of hydrogen-bond acceptors (Lipinski definition) is 5. The number of nitrogens with one attached hydrogen (secondary N) is 1. The van der Waals surface area contributed by atoms with E-state index in [0.717, 1.165) is 22.9 Å². The van der Waals surface area contributed by atoms with Crippen LogP contribution in [0.3, 0.4) is 0 Å². The van der Waals surface area contributed by atoms with Crippen molar-refractivity contribution in [2.75, 3.05) is 12.1 Å². The molecule has 0 amide bonds. The zero-order valence-electron chi connectivity index (χ0n) is 9.38. The van der Waals surface area contributed by atoms with E-state index >= 15 is 0 Å². The summed E-state index contributed by atoms with van der Waals surface area (Å²) in [5.74, 6) is 1.57. The molecule has 2 heterocycles. The lowest BCUT2D eigenvalue weighted by Crippen LogP contribution is -2.05. The van der Waals surface area contributed by atoms with E-state index in [1.165, 1.54) is 0 Å². The van der Waals surface area contributed by atoms with E-state index in [0.29, 0.717) is 13.3 Å². The molecule has 0 radical (unpaired) electrons. The largest absolute Gasteiger partial charge is 0.454 e. The quantitative estimate of drug-likeness (QED) is 0.860. The smallest absolute Gasteiger partial charge is 0.231 e. The summed E-state index contributed by atoms with van der Waals surface area (Å²) in [6.45, 7) is 0.966. The van der Waals surface area contributed by atoms with Gasteiger partial charge in [-0.1, -0.05) is 5.21 Å². The second-order valence-electron chi connectivity index (χ2n) is 3.77.